The maximum Gasteiger partial charge on any atom is 0.329 e. The molecule has 11 nitrogen and oxygen atoms in total. The molecule has 0 radical (unpaired) electrons. The van der Waals surface area contributed by atoms with Crippen LogP contribution in [0.4, 0.5) is 23.1 Å². The molecule has 1 saturated carbocycles. The third-order valence-corrected chi connectivity index (χ3v) is 5.98. The Bertz CT molecular complexity index is 1010. The van der Waals surface area contributed by atoms with Crippen molar-refractivity contribution in [2.45, 2.75) is 31.7 Å². The van der Waals surface area contributed by atoms with E-state index in [1.165, 1.54) is 13.4 Å². The molecule has 3 rings (SSSR count). The van der Waals surface area contributed by atoms with E-state index in [1.807, 2.05) is 0 Å². The molecule has 12 heteroatoms. The van der Waals surface area contributed by atoms with Crippen molar-refractivity contribution in [3.63, 3.8) is 0 Å². The summed E-state index contributed by atoms with van der Waals surface area (Å²) in [5, 5.41) is 17.5. The van der Waals surface area contributed by atoms with Crippen LogP contribution in [0.3, 0.4) is 0 Å². The molecular formula is C18H24N6O5S. The van der Waals surface area contributed by atoms with Gasteiger partial charge in [-0.25, -0.2) is 18.4 Å². The summed E-state index contributed by atoms with van der Waals surface area (Å²) >= 11 is 0. The van der Waals surface area contributed by atoms with Gasteiger partial charge in [0.25, 0.3) is 0 Å². The van der Waals surface area contributed by atoms with Gasteiger partial charge in [-0.05, 0) is 43.7 Å². The van der Waals surface area contributed by atoms with Crippen LogP contribution in [0.15, 0.2) is 24.5 Å². The van der Waals surface area contributed by atoms with Crippen LogP contribution < -0.4 is 15.4 Å². The molecule has 0 amide bonds. The number of nitro groups is 1. The SMILES string of the molecule is COc1ncccc1Nc1ncc([N+](=O)[O-])c(N[C@H]2CC[C@H](CS(C)(=O)=O)CC2)n1. The van der Waals surface area contributed by atoms with Gasteiger partial charge < -0.3 is 15.4 Å². The minimum absolute atomic E-state index is 0.0322. The van der Waals surface area contributed by atoms with Gasteiger partial charge in [-0.2, -0.15) is 4.98 Å². The Morgan fingerprint density at radius 3 is 2.63 bits per heavy atom. The van der Waals surface area contributed by atoms with Crippen molar-refractivity contribution < 1.29 is 18.1 Å². The lowest BCUT2D eigenvalue weighted by atomic mass is 9.87. The fourth-order valence-electron chi connectivity index (χ4n) is 3.54. The third-order valence-electron chi connectivity index (χ3n) is 4.90. The van der Waals surface area contributed by atoms with Crippen LogP contribution in [-0.2, 0) is 9.84 Å². The standard InChI is InChI=1S/C18H24N6O5S/c1-29-17-14(4-3-9-19-17)22-18-20-10-15(24(25)26)16(23-18)21-13-7-5-12(6-8-13)11-30(2,27)28/h3-4,9-10,12-13H,5-8,11H2,1-2H3,(H2,20,21,22,23)/t12-,13-. The smallest absolute Gasteiger partial charge is 0.329 e. The third kappa shape index (κ3) is 5.75. The van der Waals surface area contributed by atoms with Crippen LogP contribution in [0.5, 0.6) is 5.88 Å². The van der Waals surface area contributed by atoms with Crippen molar-refractivity contribution in [3.8, 4) is 5.88 Å². The molecule has 1 fully saturated rings. The van der Waals surface area contributed by atoms with Crippen LogP contribution in [0.2, 0.25) is 0 Å². The highest BCUT2D eigenvalue weighted by molar-refractivity contribution is 7.90. The number of aromatic nitrogens is 3. The highest BCUT2D eigenvalue weighted by Crippen LogP contribution is 2.31. The lowest BCUT2D eigenvalue weighted by Crippen LogP contribution is -2.29. The first-order valence-corrected chi connectivity index (χ1v) is 11.5. The van der Waals surface area contributed by atoms with E-state index >= 15 is 0 Å². The highest BCUT2D eigenvalue weighted by Gasteiger charge is 2.26. The van der Waals surface area contributed by atoms with Gasteiger partial charge in [0.15, 0.2) is 0 Å². The molecule has 0 unspecified atom stereocenters. The predicted molar refractivity (Wildman–Crippen MR) is 112 cm³/mol. The number of methoxy groups -OCH3 is 1. The Kier molecular flexibility index (Phi) is 6.65. The van der Waals surface area contributed by atoms with Gasteiger partial charge >= 0.3 is 5.69 Å². The van der Waals surface area contributed by atoms with Crippen molar-refractivity contribution in [1.82, 2.24) is 15.0 Å². The van der Waals surface area contributed by atoms with Crippen molar-refractivity contribution in [1.29, 1.82) is 0 Å². The van der Waals surface area contributed by atoms with Crippen LogP contribution in [0, 0.1) is 16.0 Å². The first kappa shape index (κ1) is 21.7. The molecule has 0 bridgehead atoms. The summed E-state index contributed by atoms with van der Waals surface area (Å²) in [7, 11) is -1.53. The topological polar surface area (TPSA) is 149 Å². The average molecular weight is 436 g/mol. The Balaban J connectivity index is 1.73. The van der Waals surface area contributed by atoms with E-state index < -0.39 is 14.8 Å². The van der Waals surface area contributed by atoms with Crippen LogP contribution in [-0.4, -0.2) is 53.5 Å². The Hall–Kier alpha value is -3.02. The number of anilines is 3. The average Bonchev–Trinajstić information content (AvgIpc) is 2.69. The van der Waals surface area contributed by atoms with E-state index in [2.05, 4.69) is 25.6 Å². The summed E-state index contributed by atoms with van der Waals surface area (Å²) in [6.07, 6.45) is 6.86. The second-order valence-corrected chi connectivity index (χ2v) is 9.51. The second-order valence-electron chi connectivity index (χ2n) is 7.32. The van der Waals surface area contributed by atoms with E-state index in [4.69, 9.17) is 4.74 Å². The minimum Gasteiger partial charge on any atom is -0.480 e. The zero-order valence-electron chi connectivity index (χ0n) is 16.7. The minimum atomic E-state index is -3.01. The van der Waals surface area contributed by atoms with Gasteiger partial charge in [0.05, 0.1) is 17.8 Å². The summed E-state index contributed by atoms with van der Waals surface area (Å²) in [6.45, 7) is 0. The van der Waals surface area contributed by atoms with Crippen molar-refractivity contribution in [2.24, 2.45) is 5.92 Å². The number of nitrogens with one attached hydrogen (secondary N) is 2. The number of pyridine rings is 1. The zero-order chi connectivity index (χ0) is 21.7. The van der Waals surface area contributed by atoms with E-state index in [9.17, 15) is 18.5 Å². The van der Waals surface area contributed by atoms with Crippen molar-refractivity contribution in [2.75, 3.05) is 29.8 Å². The summed E-state index contributed by atoms with van der Waals surface area (Å²) in [5.41, 5.74) is 0.304. The molecule has 30 heavy (non-hydrogen) atoms. The number of hydrogen-bond donors (Lipinski definition) is 2. The normalized spacial score (nSPS) is 19.1. The molecule has 1 aliphatic carbocycles. The second kappa shape index (κ2) is 9.20. The summed E-state index contributed by atoms with van der Waals surface area (Å²) in [6, 6.07) is 3.41. The molecule has 1 aliphatic rings. The lowest BCUT2D eigenvalue weighted by molar-refractivity contribution is -0.384. The largest absolute Gasteiger partial charge is 0.480 e. The van der Waals surface area contributed by atoms with Crippen LogP contribution in [0.1, 0.15) is 25.7 Å². The summed E-state index contributed by atoms with van der Waals surface area (Å²) in [4.78, 5) is 23.3. The van der Waals surface area contributed by atoms with Gasteiger partial charge in [-0.1, -0.05) is 0 Å². The molecule has 162 valence electrons. The number of rotatable bonds is 8. The van der Waals surface area contributed by atoms with Gasteiger partial charge in [0, 0.05) is 18.5 Å². The van der Waals surface area contributed by atoms with Gasteiger partial charge in [0.2, 0.25) is 17.6 Å². The molecule has 2 aromatic rings. The van der Waals surface area contributed by atoms with Crippen LogP contribution >= 0.6 is 0 Å². The van der Waals surface area contributed by atoms with Crippen molar-refractivity contribution >= 4 is 33.0 Å². The molecule has 2 heterocycles. The molecule has 0 atom stereocenters. The van der Waals surface area contributed by atoms with Gasteiger partial charge in [-0.15, -0.1) is 0 Å². The first-order chi connectivity index (χ1) is 14.2. The number of sulfone groups is 1. The maximum atomic E-state index is 11.5. The van der Waals surface area contributed by atoms with E-state index in [0.717, 1.165) is 19.0 Å². The molecule has 0 aliphatic heterocycles. The van der Waals surface area contributed by atoms with Crippen molar-refractivity contribution in [3.05, 3.63) is 34.6 Å². The summed E-state index contributed by atoms with van der Waals surface area (Å²) in [5.74, 6) is 0.924. The monoisotopic (exact) mass is 436 g/mol. The highest BCUT2D eigenvalue weighted by atomic mass is 32.2. The lowest BCUT2D eigenvalue weighted by Gasteiger charge is -2.28. The number of ether oxygens (including phenoxy) is 1. The fourth-order valence-corrected chi connectivity index (χ4v) is 4.73. The quantitative estimate of drug-likeness (QED) is 0.467. The number of nitrogens with zero attached hydrogens (tertiary/aromatic N) is 4. The zero-order valence-corrected chi connectivity index (χ0v) is 17.6. The molecular weight excluding hydrogens is 412 g/mol. The maximum absolute atomic E-state index is 11.5. The first-order valence-electron chi connectivity index (χ1n) is 9.47. The Morgan fingerprint density at radius 2 is 2.00 bits per heavy atom. The van der Waals surface area contributed by atoms with E-state index in [-0.39, 0.29) is 35.2 Å². The molecule has 0 spiro atoms. The van der Waals surface area contributed by atoms with Gasteiger partial charge in [0.1, 0.15) is 21.7 Å². The van der Waals surface area contributed by atoms with Crippen LogP contribution in [0.25, 0.3) is 0 Å². The molecule has 0 saturated heterocycles. The van der Waals surface area contributed by atoms with E-state index in [0.29, 0.717) is 24.4 Å². The van der Waals surface area contributed by atoms with Gasteiger partial charge in [-0.3, -0.25) is 10.1 Å². The van der Waals surface area contributed by atoms with E-state index in [1.54, 1.807) is 18.3 Å². The predicted octanol–water partition coefficient (Wildman–Crippen LogP) is 2.55. The molecule has 0 aromatic carbocycles. The molecule has 2 N–H and O–H groups in total. The molecule has 2 aromatic heterocycles. The Labute approximate surface area is 174 Å². The fraction of sp³-hybridized carbons (Fsp3) is 0.500. The summed E-state index contributed by atoms with van der Waals surface area (Å²) < 4.78 is 28.2. The Morgan fingerprint density at radius 1 is 1.27 bits per heavy atom. The number of hydrogen-bond acceptors (Lipinski definition) is 10.